The highest BCUT2D eigenvalue weighted by Crippen LogP contribution is 2.30. The van der Waals surface area contributed by atoms with Crippen LogP contribution in [0.5, 0.6) is 5.75 Å². The second-order valence-corrected chi connectivity index (χ2v) is 2.70. The van der Waals surface area contributed by atoms with Gasteiger partial charge in [0, 0.05) is 17.6 Å². The Morgan fingerprint density at radius 2 is 2.23 bits per heavy atom. The Morgan fingerprint density at radius 1 is 1.46 bits per heavy atom. The molecule has 0 fully saturated rings. The van der Waals surface area contributed by atoms with Crippen molar-refractivity contribution in [3.05, 3.63) is 30.2 Å². The number of phenols is 1. The van der Waals surface area contributed by atoms with Gasteiger partial charge in [-0.25, -0.2) is 4.39 Å². The second-order valence-electron chi connectivity index (χ2n) is 2.70. The molecule has 0 saturated heterocycles. The van der Waals surface area contributed by atoms with E-state index in [1.54, 1.807) is 12.1 Å². The molecule has 0 unspecified atom stereocenters. The van der Waals surface area contributed by atoms with Crippen molar-refractivity contribution < 1.29 is 9.50 Å². The third kappa shape index (κ3) is 1.07. The van der Waals surface area contributed by atoms with Crippen molar-refractivity contribution in [1.29, 1.82) is 0 Å². The van der Waals surface area contributed by atoms with Gasteiger partial charge in [0.1, 0.15) is 0 Å². The maximum Gasteiger partial charge on any atom is 0.167 e. The topological polar surface area (TPSA) is 59.1 Å². The van der Waals surface area contributed by atoms with Gasteiger partial charge in [-0.3, -0.25) is 4.98 Å². The van der Waals surface area contributed by atoms with Gasteiger partial charge >= 0.3 is 0 Å². The van der Waals surface area contributed by atoms with Crippen LogP contribution < -0.4 is 5.73 Å². The van der Waals surface area contributed by atoms with Gasteiger partial charge in [-0.1, -0.05) is 0 Å². The van der Waals surface area contributed by atoms with E-state index >= 15 is 0 Å². The van der Waals surface area contributed by atoms with E-state index in [-0.39, 0.29) is 5.69 Å². The molecule has 2 aromatic rings. The molecule has 0 spiro atoms. The van der Waals surface area contributed by atoms with Crippen LogP contribution in [0.1, 0.15) is 0 Å². The molecule has 0 atom stereocenters. The molecule has 0 aliphatic rings. The molecule has 13 heavy (non-hydrogen) atoms. The van der Waals surface area contributed by atoms with Crippen molar-refractivity contribution in [2.75, 3.05) is 5.73 Å². The minimum Gasteiger partial charge on any atom is -0.504 e. The zero-order valence-corrected chi connectivity index (χ0v) is 6.66. The predicted molar refractivity (Wildman–Crippen MR) is 47.8 cm³/mol. The number of pyridine rings is 1. The van der Waals surface area contributed by atoms with Gasteiger partial charge in [-0.05, 0) is 12.1 Å². The zero-order valence-electron chi connectivity index (χ0n) is 6.66. The van der Waals surface area contributed by atoms with E-state index in [2.05, 4.69) is 4.98 Å². The average molecular weight is 178 g/mol. The number of anilines is 1. The second kappa shape index (κ2) is 2.58. The minimum atomic E-state index is -0.724. The number of nitrogens with zero attached hydrogens (tertiary/aromatic N) is 1. The fourth-order valence-corrected chi connectivity index (χ4v) is 1.23. The number of aromatic nitrogens is 1. The molecular weight excluding hydrogens is 171 g/mol. The molecule has 0 amide bonds. The molecule has 1 aromatic carbocycles. The van der Waals surface area contributed by atoms with Crippen molar-refractivity contribution in [1.82, 2.24) is 4.98 Å². The number of nitrogen functional groups attached to an aromatic ring is 1. The van der Waals surface area contributed by atoms with E-state index in [1.807, 2.05) is 0 Å². The summed E-state index contributed by atoms with van der Waals surface area (Å²) in [6.07, 6.45) is 1.54. The van der Waals surface area contributed by atoms with Gasteiger partial charge < -0.3 is 10.8 Å². The van der Waals surface area contributed by atoms with Crippen LogP contribution in [0.2, 0.25) is 0 Å². The highest BCUT2D eigenvalue weighted by molar-refractivity contribution is 5.93. The quantitative estimate of drug-likeness (QED) is 0.476. The van der Waals surface area contributed by atoms with Crippen LogP contribution >= 0.6 is 0 Å². The van der Waals surface area contributed by atoms with Crippen molar-refractivity contribution in [3.63, 3.8) is 0 Å². The van der Waals surface area contributed by atoms with Crippen LogP contribution in [0.25, 0.3) is 10.9 Å². The Bertz CT molecular complexity index is 470. The van der Waals surface area contributed by atoms with E-state index in [0.29, 0.717) is 10.9 Å². The molecule has 66 valence electrons. The van der Waals surface area contributed by atoms with Gasteiger partial charge in [0.05, 0.1) is 11.2 Å². The van der Waals surface area contributed by atoms with Gasteiger partial charge in [0.15, 0.2) is 11.6 Å². The number of rotatable bonds is 0. The third-order valence-corrected chi connectivity index (χ3v) is 1.84. The van der Waals surface area contributed by atoms with Crippen LogP contribution in [-0.4, -0.2) is 10.1 Å². The number of nitrogens with two attached hydrogens (primary N) is 1. The van der Waals surface area contributed by atoms with Crippen LogP contribution in [0.15, 0.2) is 24.4 Å². The fraction of sp³-hybridized carbons (Fsp3) is 0. The molecule has 0 radical (unpaired) electrons. The number of hydrogen-bond donors (Lipinski definition) is 2. The highest BCUT2D eigenvalue weighted by Gasteiger charge is 2.09. The van der Waals surface area contributed by atoms with Gasteiger partial charge in [0.2, 0.25) is 0 Å². The maximum atomic E-state index is 13.0. The first-order chi connectivity index (χ1) is 6.20. The number of phenolic OH excluding ortho intramolecular Hbond substituents is 1. The Hall–Kier alpha value is -1.84. The smallest absolute Gasteiger partial charge is 0.167 e. The lowest BCUT2D eigenvalue weighted by Gasteiger charge is -2.03. The first-order valence-electron chi connectivity index (χ1n) is 3.72. The summed E-state index contributed by atoms with van der Waals surface area (Å²) in [7, 11) is 0. The summed E-state index contributed by atoms with van der Waals surface area (Å²) in [5.74, 6) is -1.13. The summed E-state index contributed by atoms with van der Waals surface area (Å²) >= 11 is 0. The number of halogens is 1. The first-order valence-corrected chi connectivity index (χ1v) is 3.72. The fourth-order valence-electron chi connectivity index (χ4n) is 1.23. The molecule has 0 aliphatic heterocycles. The molecule has 0 bridgehead atoms. The largest absolute Gasteiger partial charge is 0.504 e. The van der Waals surface area contributed by atoms with E-state index in [4.69, 9.17) is 5.73 Å². The molecule has 4 heteroatoms. The Labute approximate surface area is 73.6 Å². The van der Waals surface area contributed by atoms with Crippen LogP contribution in [0, 0.1) is 5.82 Å². The van der Waals surface area contributed by atoms with E-state index in [0.717, 1.165) is 6.07 Å². The molecule has 0 aliphatic carbocycles. The summed E-state index contributed by atoms with van der Waals surface area (Å²) in [6.45, 7) is 0. The molecule has 3 N–H and O–H groups in total. The Kier molecular flexibility index (Phi) is 1.55. The van der Waals surface area contributed by atoms with Gasteiger partial charge in [-0.15, -0.1) is 0 Å². The monoisotopic (exact) mass is 178 g/mol. The van der Waals surface area contributed by atoms with Crippen molar-refractivity contribution in [2.24, 2.45) is 0 Å². The predicted octanol–water partition coefficient (Wildman–Crippen LogP) is 1.66. The molecule has 1 aromatic heterocycles. The van der Waals surface area contributed by atoms with Crippen molar-refractivity contribution in [3.8, 4) is 5.75 Å². The number of benzene rings is 1. The summed E-state index contributed by atoms with van der Waals surface area (Å²) in [4.78, 5) is 3.93. The molecular formula is C9H7FN2O. The summed E-state index contributed by atoms with van der Waals surface area (Å²) in [6, 6.07) is 4.24. The molecule has 3 nitrogen and oxygen atoms in total. The lowest BCUT2D eigenvalue weighted by Crippen LogP contribution is -1.91. The number of hydrogen-bond acceptors (Lipinski definition) is 3. The lowest BCUT2D eigenvalue weighted by atomic mass is 10.1. The average Bonchev–Trinajstić information content (AvgIpc) is 2.15. The Morgan fingerprint density at radius 3 is 3.00 bits per heavy atom. The van der Waals surface area contributed by atoms with E-state index in [1.165, 1.54) is 6.20 Å². The number of aromatic hydroxyl groups is 1. The van der Waals surface area contributed by atoms with Gasteiger partial charge in [0.25, 0.3) is 0 Å². The van der Waals surface area contributed by atoms with E-state index in [9.17, 15) is 9.50 Å². The van der Waals surface area contributed by atoms with Crippen molar-refractivity contribution >= 4 is 16.6 Å². The van der Waals surface area contributed by atoms with Crippen molar-refractivity contribution in [2.45, 2.75) is 0 Å². The number of fused-ring (bicyclic) bond motifs is 1. The molecule has 0 saturated carbocycles. The summed E-state index contributed by atoms with van der Waals surface area (Å²) in [5.41, 5.74) is 6.16. The van der Waals surface area contributed by atoms with Crippen LogP contribution in [-0.2, 0) is 0 Å². The first kappa shape index (κ1) is 7.79. The van der Waals surface area contributed by atoms with Crippen LogP contribution in [0.3, 0.4) is 0 Å². The normalized spacial score (nSPS) is 10.5. The van der Waals surface area contributed by atoms with Crippen LogP contribution in [0.4, 0.5) is 10.1 Å². The minimum absolute atomic E-state index is 0.228. The summed E-state index contributed by atoms with van der Waals surface area (Å²) in [5, 5.41) is 9.65. The standard InChI is InChI=1S/C9H7FN2O/c10-6-4-7(11)8-5(9(6)13)2-1-3-12-8/h1-4,13H,11H2. The lowest BCUT2D eigenvalue weighted by molar-refractivity contribution is 0.439. The van der Waals surface area contributed by atoms with Gasteiger partial charge in [-0.2, -0.15) is 0 Å². The SMILES string of the molecule is Nc1cc(F)c(O)c2cccnc12. The zero-order chi connectivity index (χ0) is 9.42. The maximum absolute atomic E-state index is 13.0. The molecule has 2 rings (SSSR count). The third-order valence-electron chi connectivity index (χ3n) is 1.84. The highest BCUT2D eigenvalue weighted by atomic mass is 19.1. The summed E-state index contributed by atoms with van der Waals surface area (Å²) < 4.78 is 13.0. The molecule has 1 heterocycles. The Balaban J connectivity index is 2.97. The van der Waals surface area contributed by atoms with E-state index < -0.39 is 11.6 Å².